The molecule has 1 aliphatic heterocycles. The average molecular weight is 426 g/mol. The molecular formula is C21H16ClN3O5. The number of aromatic nitrogens is 1. The van der Waals surface area contributed by atoms with Gasteiger partial charge in [-0.2, -0.15) is 0 Å². The second-order valence-electron chi connectivity index (χ2n) is 6.38. The van der Waals surface area contributed by atoms with E-state index in [9.17, 15) is 9.59 Å². The third-order valence-corrected chi connectivity index (χ3v) is 4.56. The van der Waals surface area contributed by atoms with Gasteiger partial charge in [0.1, 0.15) is 18.1 Å². The fraction of sp³-hybridized carbons (Fsp3) is 0.0952. The number of benzene rings is 2. The van der Waals surface area contributed by atoms with Gasteiger partial charge in [0.2, 0.25) is 12.7 Å². The largest absolute Gasteiger partial charge is 0.489 e. The number of hydrogen-bond donors (Lipinski definition) is 2. The van der Waals surface area contributed by atoms with E-state index in [1.165, 1.54) is 12.3 Å². The summed E-state index contributed by atoms with van der Waals surface area (Å²) in [6, 6.07) is 13.8. The molecule has 3 aromatic rings. The highest BCUT2D eigenvalue weighted by Gasteiger charge is 2.16. The summed E-state index contributed by atoms with van der Waals surface area (Å²) in [5.74, 6) is 0.777. The summed E-state index contributed by atoms with van der Waals surface area (Å²) >= 11 is 6.05. The Bertz CT molecular complexity index is 1140. The fourth-order valence-corrected chi connectivity index (χ4v) is 3.05. The maximum atomic E-state index is 12.5. The zero-order valence-corrected chi connectivity index (χ0v) is 16.3. The van der Waals surface area contributed by atoms with E-state index in [4.69, 9.17) is 31.5 Å². The molecule has 9 heteroatoms. The number of nitrogens with zero attached hydrogens (tertiary/aromatic N) is 1. The molecule has 2 heterocycles. The fourth-order valence-electron chi connectivity index (χ4n) is 2.80. The minimum absolute atomic E-state index is 0.0105. The van der Waals surface area contributed by atoms with Crippen LogP contribution in [-0.2, 0) is 6.61 Å². The molecule has 2 aromatic carbocycles. The van der Waals surface area contributed by atoms with Crippen molar-refractivity contribution in [1.29, 1.82) is 0 Å². The van der Waals surface area contributed by atoms with Crippen molar-refractivity contribution in [3.05, 3.63) is 76.6 Å². The highest BCUT2D eigenvalue weighted by molar-refractivity contribution is 6.34. The normalized spacial score (nSPS) is 11.8. The first kappa shape index (κ1) is 19.5. The Hall–Kier alpha value is -3.78. The summed E-state index contributed by atoms with van der Waals surface area (Å²) < 4.78 is 16.4. The number of anilines is 1. The molecule has 1 aliphatic rings. The van der Waals surface area contributed by atoms with Crippen molar-refractivity contribution < 1.29 is 23.8 Å². The quantitative estimate of drug-likeness (QED) is 0.625. The minimum atomic E-state index is -0.675. The van der Waals surface area contributed by atoms with Gasteiger partial charge in [0.25, 0.3) is 5.91 Å². The Morgan fingerprint density at radius 3 is 2.77 bits per heavy atom. The van der Waals surface area contributed by atoms with Gasteiger partial charge >= 0.3 is 0 Å². The lowest BCUT2D eigenvalue weighted by atomic mass is 10.2. The summed E-state index contributed by atoms with van der Waals surface area (Å²) in [6.45, 7) is 0.486. The van der Waals surface area contributed by atoms with Gasteiger partial charge < -0.3 is 25.3 Å². The highest BCUT2D eigenvalue weighted by atomic mass is 35.5. The van der Waals surface area contributed by atoms with Crippen molar-refractivity contribution in [3.63, 3.8) is 0 Å². The number of carbonyl (C=O) groups is 2. The summed E-state index contributed by atoms with van der Waals surface area (Å²) in [7, 11) is 0. The molecule has 1 aromatic heterocycles. The van der Waals surface area contributed by atoms with Gasteiger partial charge in [-0.1, -0.05) is 23.7 Å². The second-order valence-corrected chi connectivity index (χ2v) is 6.78. The lowest BCUT2D eigenvalue weighted by molar-refractivity contribution is 0.0993. The first-order valence-corrected chi connectivity index (χ1v) is 9.25. The van der Waals surface area contributed by atoms with Crippen molar-refractivity contribution in [1.82, 2.24) is 4.98 Å². The molecule has 30 heavy (non-hydrogen) atoms. The summed E-state index contributed by atoms with van der Waals surface area (Å²) in [5.41, 5.74) is 6.68. The molecule has 152 valence electrons. The van der Waals surface area contributed by atoms with Crippen LogP contribution in [0.4, 0.5) is 5.69 Å². The molecule has 8 nitrogen and oxygen atoms in total. The average Bonchev–Trinajstić information content (AvgIpc) is 3.20. The predicted molar refractivity (Wildman–Crippen MR) is 109 cm³/mol. The number of halogens is 1. The third kappa shape index (κ3) is 4.28. The van der Waals surface area contributed by atoms with Crippen LogP contribution < -0.4 is 25.3 Å². The molecule has 0 unspecified atom stereocenters. The van der Waals surface area contributed by atoms with Gasteiger partial charge in [0.15, 0.2) is 11.5 Å². The van der Waals surface area contributed by atoms with Gasteiger partial charge in [-0.15, -0.1) is 0 Å². The number of pyridine rings is 1. The van der Waals surface area contributed by atoms with Gasteiger partial charge in [-0.3, -0.25) is 9.59 Å². The van der Waals surface area contributed by atoms with Gasteiger partial charge in [0, 0.05) is 18.0 Å². The van der Waals surface area contributed by atoms with Crippen LogP contribution in [0.25, 0.3) is 0 Å². The number of nitrogens with one attached hydrogen (secondary N) is 1. The first-order chi connectivity index (χ1) is 14.5. The Balaban J connectivity index is 1.42. The van der Waals surface area contributed by atoms with E-state index in [0.29, 0.717) is 22.9 Å². The van der Waals surface area contributed by atoms with E-state index in [2.05, 4.69) is 10.3 Å². The molecule has 2 amide bonds. The molecule has 0 atom stereocenters. The predicted octanol–water partition coefficient (Wildman–Crippen LogP) is 3.39. The third-order valence-electron chi connectivity index (χ3n) is 4.28. The number of primary amides is 1. The Morgan fingerprint density at radius 1 is 1.13 bits per heavy atom. The van der Waals surface area contributed by atoms with Crippen LogP contribution >= 0.6 is 11.6 Å². The molecule has 0 saturated carbocycles. The molecule has 0 aliphatic carbocycles. The molecular weight excluding hydrogens is 410 g/mol. The molecule has 3 N–H and O–H groups in total. The number of ether oxygens (including phenoxy) is 3. The summed E-state index contributed by atoms with van der Waals surface area (Å²) in [5, 5.41) is 2.76. The molecule has 0 spiro atoms. The van der Waals surface area contributed by atoms with Crippen LogP contribution in [0.15, 0.2) is 54.7 Å². The Morgan fingerprint density at radius 2 is 1.97 bits per heavy atom. The van der Waals surface area contributed by atoms with Gasteiger partial charge in [-0.05, 0) is 35.9 Å². The Kier molecular flexibility index (Phi) is 5.40. The highest BCUT2D eigenvalue weighted by Crippen LogP contribution is 2.35. The van der Waals surface area contributed by atoms with Crippen LogP contribution in [0.1, 0.15) is 26.4 Å². The maximum absolute atomic E-state index is 12.5. The van der Waals surface area contributed by atoms with Crippen molar-refractivity contribution in [2.45, 2.75) is 6.61 Å². The van der Waals surface area contributed by atoms with E-state index in [0.717, 1.165) is 5.56 Å². The van der Waals surface area contributed by atoms with Gasteiger partial charge in [0.05, 0.1) is 10.6 Å². The van der Waals surface area contributed by atoms with Crippen molar-refractivity contribution in [3.8, 4) is 17.2 Å². The number of hydrogen-bond acceptors (Lipinski definition) is 6. The number of nitrogens with two attached hydrogens (primary N) is 1. The number of carbonyl (C=O) groups excluding carboxylic acids is 2. The summed E-state index contributed by atoms with van der Waals surface area (Å²) in [6.07, 6.45) is 1.21. The van der Waals surface area contributed by atoms with Crippen LogP contribution in [0.5, 0.6) is 17.2 Å². The zero-order chi connectivity index (χ0) is 21.1. The van der Waals surface area contributed by atoms with Crippen LogP contribution in [-0.4, -0.2) is 23.6 Å². The van der Waals surface area contributed by atoms with Crippen LogP contribution in [0.2, 0.25) is 5.02 Å². The molecule has 0 saturated heterocycles. The van der Waals surface area contributed by atoms with E-state index in [1.54, 1.807) is 36.4 Å². The topological polar surface area (TPSA) is 113 Å². The minimum Gasteiger partial charge on any atom is -0.489 e. The molecule has 0 bridgehead atoms. The monoisotopic (exact) mass is 425 g/mol. The lowest BCUT2D eigenvalue weighted by Crippen LogP contribution is -2.17. The Labute approximate surface area is 176 Å². The number of rotatable bonds is 6. The molecule has 0 radical (unpaired) electrons. The van der Waals surface area contributed by atoms with Crippen molar-refractivity contribution >= 4 is 29.1 Å². The van der Waals surface area contributed by atoms with Gasteiger partial charge in [-0.25, -0.2) is 4.98 Å². The van der Waals surface area contributed by atoms with E-state index in [-0.39, 0.29) is 29.7 Å². The number of fused-ring (bicyclic) bond motifs is 1. The van der Waals surface area contributed by atoms with Crippen LogP contribution in [0, 0.1) is 0 Å². The SMILES string of the molecule is NC(=O)c1cnc(C(=O)Nc2cccc(COc3ccc4c(c3)OCO4)c2)c(Cl)c1. The van der Waals surface area contributed by atoms with Crippen molar-refractivity contribution in [2.75, 3.05) is 12.1 Å². The zero-order valence-electron chi connectivity index (χ0n) is 15.6. The maximum Gasteiger partial charge on any atom is 0.275 e. The van der Waals surface area contributed by atoms with Crippen molar-refractivity contribution in [2.24, 2.45) is 5.73 Å². The van der Waals surface area contributed by atoms with Crippen LogP contribution in [0.3, 0.4) is 0 Å². The lowest BCUT2D eigenvalue weighted by Gasteiger charge is -2.10. The first-order valence-electron chi connectivity index (χ1n) is 8.88. The standard InChI is InChI=1S/C21H16ClN3O5/c22-16-7-13(20(23)26)9-24-19(16)21(27)25-14-3-1-2-12(6-14)10-28-15-4-5-17-18(8-15)30-11-29-17/h1-9H,10-11H2,(H2,23,26)(H,25,27). The summed E-state index contributed by atoms with van der Waals surface area (Å²) in [4.78, 5) is 27.6. The number of amides is 2. The molecule has 4 rings (SSSR count). The van der Waals surface area contributed by atoms with E-state index < -0.39 is 11.8 Å². The van der Waals surface area contributed by atoms with E-state index in [1.807, 2.05) is 6.07 Å². The second kappa shape index (κ2) is 8.30. The molecule has 0 fully saturated rings. The smallest absolute Gasteiger partial charge is 0.275 e. The van der Waals surface area contributed by atoms with E-state index >= 15 is 0 Å².